The van der Waals surface area contributed by atoms with Crippen molar-refractivity contribution in [2.24, 2.45) is 0 Å². The van der Waals surface area contributed by atoms with Crippen molar-refractivity contribution < 1.29 is 4.42 Å². The fourth-order valence-electron chi connectivity index (χ4n) is 7.68. The molecule has 0 aliphatic heterocycles. The van der Waals surface area contributed by atoms with Gasteiger partial charge in [-0.3, -0.25) is 4.57 Å². The lowest BCUT2D eigenvalue weighted by Gasteiger charge is -2.20. The predicted molar refractivity (Wildman–Crippen MR) is 179 cm³/mol. The number of fused-ring (bicyclic) bond motifs is 11. The summed E-state index contributed by atoms with van der Waals surface area (Å²) in [6.45, 7) is 0. The Labute approximate surface area is 252 Å². The summed E-state index contributed by atoms with van der Waals surface area (Å²) in [6.07, 6.45) is 4.58. The Hall–Kier alpha value is -5.48. The first-order valence-corrected chi connectivity index (χ1v) is 15.5. The molecule has 206 valence electrons. The Kier molecular flexibility index (Phi) is 4.25. The zero-order valence-electron chi connectivity index (χ0n) is 23.9. The van der Waals surface area contributed by atoms with Crippen LogP contribution >= 0.6 is 0 Å². The molecule has 0 saturated heterocycles. The van der Waals surface area contributed by atoms with Gasteiger partial charge in [-0.05, 0) is 89.7 Å². The minimum Gasteiger partial charge on any atom is -0.456 e. The van der Waals surface area contributed by atoms with Crippen LogP contribution in [0.1, 0.15) is 22.3 Å². The number of hydrogen-bond acceptors (Lipinski definition) is 3. The summed E-state index contributed by atoms with van der Waals surface area (Å²) >= 11 is 0. The van der Waals surface area contributed by atoms with E-state index in [1.165, 1.54) is 43.8 Å². The normalized spacial score (nSPS) is 14.0. The van der Waals surface area contributed by atoms with Crippen LogP contribution in [0.5, 0.6) is 0 Å². The molecule has 0 bridgehead atoms. The average Bonchev–Trinajstić information content (AvgIpc) is 3.55. The number of rotatable bonds is 2. The number of hydrogen-bond donors (Lipinski definition) is 0. The standard InChI is InChI=1S/C40H25N3O/c1-2-6-22(7-3-1)38-29-8-4-5-9-34(29)41-40(42-38)43-35-20-33-32-18-25-12-13-26(25)19-36(32)44-37(33)21-31(35)28-15-14-27-16-23-10-11-24(23)17-30(27)39(28)43/h1-9,14-21H,10-13H2. The monoisotopic (exact) mass is 563 g/mol. The van der Waals surface area contributed by atoms with E-state index in [9.17, 15) is 0 Å². The van der Waals surface area contributed by atoms with Gasteiger partial charge in [0.1, 0.15) is 11.2 Å². The molecule has 0 atom stereocenters. The van der Waals surface area contributed by atoms with Crippen LogP contribution in [0.15, 0.2) is 108 Å². The van der Waals surface area contributed by atoms with Gasteiger partial charge in [0.2, 0.25) is 5.95 Å². The molecular weight excluding hydrogens is 538 g/mol. The minimum absolute atomic E-state index is 0.689. The summed E-state index contributed by atoms with van der Waals surface area (Å²) in [5.41, 5.74) is 12.9. The van der Waals surface area contributed by atoms with E-state index in [0.29, 0.717) is 5.95 Å². The molecule has 4 nitrogen and oxygen atoms in total. The van der Waals surface area contributed by atoms with Crippen molar-refractivity contribution in [1.29, 1.82) is 0 Å². The molecule has 3 heterocycles. The molecule has 9 aromatic rings. The minimum atomic E-state index is 0.689. The van der Waals surface area contributed by atoms with Gasteiger partial charge >= 0.3 is 0 Å². The molecule has 0 radical (unpaired) electrons. The van der Waals surface area contributed by atoms with Gasteiger partial charge in [-0.2, -0.15) is 0 Å². The van der Waals surface area contributed by atoms with Crippen LogP contribution in [0.4, 0.5) is 0 Å². The lowest BCUT2D eigenvalue weighted by atomic mass is 9.86. The Morgan fingerprint density at radius 3 is 2.07 bits per heavy atom. The van der Waals surface area contributed by atoms with Gasteiger partial charge in [0.05, 0.1) is 22.2 Å². The van der Waals surface area contributed by atoms with Gasteiger partial charge in [0.25, 0.3) is 0 Å². The van der Waals surface area contributed by atoms with Crippen molar-refractivity contribution in [2.75, 3.05) is 0 Å². The summed E-state index contributed by atoms with van der Waals surface area (Å²) in [5.74, 6) is 0.689. The molecule has 6 aromatic carbocycles. The van der Waals surface area contributed by atoms with E-state index in [1.54, 1.807) is 0 Å². The molecule has 3 aromatic heterocycles. The highest BCUT2D eigenvalue weighted by molar-refractivity contribution is 6.22. The molecule has 0 unspecified atom stereocenters. The first kappa shape index (κ1) is 23.0. The topological polar surface area (TPSA) is 43.9 Å². The Morgan fingerprint density at radius 2 is 1.23 bits per heavy atom. The van der Waals surface area contributed by atoms with Crippen molar-refractivity contribution in [1.82, 2.24) is 14.5 Å². The fourth-order valence-corrected chi connectivity index (χ4v) is 7.68. The molecule has 0 fully saturated rings. The molecule has 0 spiro atoms. The third-order valence-corrected chi connectivity index (χ3v) is 10.1. The third-order valence-electron chi connectivity index (χ3n) is 10.1. The van der Waals surface area contributed by atoms with Gasteiger partial charge in [-0.1, -0.05) is 66.7 Å². The Bertz CT molecular complexity index is 2710. The third kappa shape index (κ3) is 2.97. The van der Waals surface area contributed by atoms with Crippen LogP contribution < -0.4 is 0 Å². The number of furan rings is 1. The Morgan fingerprint density at radius 1 is 0.523 bits per heavy atom. The number of aromatic nitrogens is 3. The molecule has 2 aliphatic rings. The zero-order valence-corrected chi connectivity index (χ0v) is 23.9. The van der Waals surface area contributed by atoms with E-state index in [4.69, 9.17) is 14.4 Å². The van der Waals surface area contributed by atoms with Crippen LogP contribution in [0.3, 0.4) is 0 Å². The molecule has 2 aliphatic carbocycles. The fraction of sp³-hybridized carbons (Fsp3) is 0.100. The average molecular weight is 564 g/mol. The van der Waals surface area contributed by atoms with Crippen LogP contribution in [0, 0.1) is 0 Å². The molecule has 11 rings (SSSR count). The maximum Gasteiger partial charge on any atom is 0.235 e. The van der Waals surface area contributed by atoms with Crippen LogP contribution in [0.2, 0.25) is 0 Å². The highest BCUT2D eigenvalue weighted by Crippen LogP contribution is 2.43. The quantitative estimate of drug-likeness (QED) is 0.210. The largest absolute Gasteiger partial charge is 0.456 e. The molecular formula is C40H25N3O. The number of nitrogens with zero attached hydrogens (tertiary/aromatic N) is 3. The van der Waals surface area contributed by atoms with Crippen molar-refractivity contribution in [2.45, 2.75) is 25.7 Å². The van der Waals surface area contributed by atoms with Crippen molar-refractivity contribution in [3.63, 3.8) is 0 Å². The van der Waals surface area contributed by atoms with Gasteiger partial charge in [-0.15, -0.1) is 0 Å². The van der Waals surface area contributed by atoms with E-state index in [0.717, 1.165) is 80.8 Å². The first-order valence-electron chi connectivity index (χ1n) is 15.5. The van der Waals surface area contributed by atoms with Crippen molar-refractivity contribution in [3.05, 3.63) is 125 Å². The Balaban J connectivity index is 1.32. The van der Waals surface area contributed by atoms with Gasteiger partial charge in [0, 0.05) is 37.9 Å². The number of aryl methyl sites for hydroxylation is 4. The highest BCUT2D eigenvalue weighted by atomic mass is 16.3. The smallest absolute Gasteiger partial charge is 0.235 e. The van der Waals surface area contributed by atoms with E-state index in [1.807, 2.05) is 0 Å². The lowest BCUT2D eigenvalue weighted by molar-refractivity contribution is 0.666. The summed E-state index contributed by atoms with van der Waals surface area (Å²) in [4.78, 5) is 10.6. The van der Waals surface area contributed by atoms with Crippen molar-refractivity contribution >= 4 is 65.4 Å². The SMILES string of the molecule is c1ccc(-c2nc(-n3c4cc5c(cc4c4ccc6cc7c(cc6c43)CC7)oc3cc4c(cc35)CC4)nc3ccccc23)cc1. The van der Waals surface area contributed by atoms with E-state index in [2.05, 4.69) is 108 Å². The highest BCUT2D eigenvalue weighted by Gasteiger charge is 2.24. The van der Waals surface area contributed by atoms with Crippen molar-refractivity contribution in [3.8, 4) is 17.2 Å². The predicted octanol–water partition coefficient (Wildman–Crippen LogP) is 9.64. The second-order valence-electron chi connectivity index (χ2n) is 12.5. The van der Waals surface area contributed by atoms with E-state index in [-0.39, 0.29) is 0 Å². The molecule has 44 heavy (non-hydrogen) atoms. The van der Waals surface area contributed by atoms with Crippen LogP contribution in [0.25, 0.3) is 82.6 Å². The maximum atomic E-state index is 6.52. The molecule has 0 saturated carbocycles. The first-order chi connectivity index (χ1) is 21.8. The molecule has 0 N–H and O–H groups in total. The molecule has 0 amide bonds. The summed E-state index contributed by atoms with van der Waals surface area (Å²) in [6, 6.07) is 37.3. The molecule has 4 heteroatoms. The second kappa shape index (κ2) is 8.12. The zero-order chi connectivity index (χ0) is 28.5. The van der Waals surface area contributed by atoms with Gasteiger partial charge in [-0.25, -0.2) is 9.97 Å². The summed E-state index contributed by atoms with van der Waals surface area (Å²) in [7, 11) is 0. The van der Waals surface area contributed by atoms with Crippen LogP contribution in [-0.2, 0) is 25.7 Å². The second-order valence-corrected chi connectivity index (χ2v) is 12.5. The maximum absolute atomic E-state index is 6.52. The summed E-state index contributed by atoms with van der Waals surface area (Å²) in [5, 5.41) is 8.24. The summed E-state index contributed by atoms with van der Waals surface area (Å²) < 4.78 is 8.84. The van der Waals surface area contributed by atoms with Gasteiger partial charge < -0.3 is 4.42 Å². The van der Waals surface area contributed by atoms with Crippen LogP contribution in [-0.4, -0.2) is 14.5 Å². The lowest BCUT2D eigenvalue weighted by Crippen LogP contribution is -2.08. The van der Waals surface area contributed by atoms with E-state index >= 15 is 0 Å². The van der Waals surface area contributed by atoms with E-state index < -0.39 is 0 Å². The van der Waals surface area contributed by atoms with Gasteiger partial charge in [0.15, 0.2) is 0 Å². The number of para-hydroxylation sites is 1. The number of benzene rings is 6.